The first-order valence-corrected chi connectivity index (χ1v) is 7.02. The van der Waals surface area contributed by atoms with E-state index in [-0.39, 0.29) is 17.8 Å². The van der Waals surface area contributed by atoms with Gasteiger partial charge in [0.25, 0.3) is 5.91 Å². The molecule has 1 heterocycles. The molecule has 1 aromatic carbocycles. The molecule has 0 spiro atoms. The van der Waals surface area contributed by atoms with Crippen LogP contribution in [-0.2, 0) is 6.42 Å². The van der Waals surface area contributed by atoms with Crippen LogP contribution in [0.4, 0.5) is 4.39 Å². The molecule has 0 radical (unpaired) electrons. The first kappa shape index (κ1) is 12.3. The molecular formula is C14H13FN2OS. The van der Waals surface area contributed by atoms with Crippen LogP contribution < -0.4 is 5.32 Å². The number of carbonyl (C=O) groups is 1. The van der Waals surface area contributed by atoms with Crippen LogP contribution in [0.25, 0.3) is 0 Å². The number of nitrogens with one attached hydrogen (secondary N) is 1. The van der Waals surface area contributed by atoms with Gasteiger partial charge in [-0.1, -0.05) is 6.07 Å². The van der Waals surface area contributed by atoms with Gasteiger partial charge in [0.05, 0.1) is 17.2 Å². The molecule has 19 heavy (non-hydrogen) atoms. The summed E-state index contributed by atoms with van der Waals surface area (Å²) in [6, 6.07) is 4.69. The van der Waals surface area contributed by atoms with Crippen LogP contribution in [-0.4, -0.2) is 10.9 Å². The molecule has 5 heteroatoms. The molecule has 1 aliphatic carbocycles. The Kier molecular flexibility index (Phi) is 3.06. The zero-order valence-corrected chi connectivity index (χ0v) is 11.3. The second-order valence-corrected chi connectivity index (χ2v) is 5.53. The molecule has 0 unspecified atom stereocenters. The Morgan fingerprint density at radius 3 is 3.11 bits per heavy atom. The number of aromatic nitrogens is 1. The van der Waals surface area contributed by atoms with Crippen LogP contribution in [0.3, 0.4) is 0 Å². The third-order valence-corrected chi connectivity index (χ3v) is 4.37. The summed E-state index contributed by atoms with van der Waals surface area (Å²) in [7, 11) is 0. The van der Waals surface area contributed by atoms with Crippen molar-refractivity contribution in [2.75, 3.05) is 0 Å². The number of fused-ring (bicyclic) bond motifs is 1. The van der Waals surface area contributed by atoms with E-state index in [2.05, 4.69) is 10.3 Å². The SMILES string of the molecule is Cc1ncsc1C(=O)N[C@@H]1CCc2ccc(F)cc21. The number of nitrogens with zero attached hydrogens (tertiary/aromatic N) is 1. The van der Waals surface area contributed by atoms with Crippen molar-refractivity contribution in [1.29, 1.82) is 0 Å². The van der Waals surface area contributed by atoms with Crippen LogP contribution in [0.15, 0.2) is 23.7 Å². The lowest BCUT2D eigenvalue weighted by molar-refractivity contribution is 0.0940. The van der Waals surface area contributed by atoms with Crippen LogP contribution >= 0.6 is 11.3 Å². The largest absolute Gasteiger partial charge is 0.344 e. The van der Waals surface area contributed by atoms with Crippen LogP contribution in [0.5, 0.6) is 0 Å². The number of carbonyl (C=O) groups excluding carboxylic acids is 1. The Balaban J connectivity index is 1.82. The summed E-state index contributed by atoms with van der Waals surface area (Å²) in [5.74, 6) is -0.379. The number of thiazole rings is 1. The second-order valence-electron chi connectivity index (χ2n) is 4.67. The van der Waals surface area contributed by atoms with Crippen LogP contribution in [0.2, 0.25) is 0 Å². The maximum atomic E-state index is 13.3. The number of hydrogen-bond donors (Lipinski definition) is 1. The van der Waals surface area contributed by atoms with E-state index in [4.69, 9.17) is 0 Å². The monoisotopic (exact) mass is 276 g/mol. The van der Waals surface area contributed by atoms with E-state index in [1.807, 2.05) is 6.92 Å². The minimum absolute atomic E-state index is 0.0975. The fourth-order valence-electron chi connectivity index (χ4n) is 2.47. The van der Waals surface area contributed by atoms with Crippen molar-refractivity contribution in [2.45, 2.75) is 25.8 Å². The van der Waals surface area contributed by atoms with Crippen molar-refractivity contribution in [2.24, 2.45) is 0 Å². The van der Waals surface area contributed by atoms with E-state index in [1.165, 1.54) is 23.5 Å². The predicted molar refractivity (Wildman–Crippen MR) is 71.8 cm³/mol. The average molecular weight is 276 g/mol. The van der Waals surface area contributed by atoms with E-state index in [9.17, 15) is 9.18 Å². The molecule has 0 aliphatic heterocycles. The van der Waals surface area contributed by atoms with E-state index in [1.54, 1.807) is 11.6 Å². The summed E-state index contributed by atoms with van der Waals surface area (Å²) >= 11 is 1.33. The van der Waals surface area contributed by atoms with Gasteiger partial charge in [-0.3, -0.25) is 4.79 Å². The number of benzene rings is 1. The molecule has 1 N–H and O–H groups in total. The van der Waals surface area contributed by atoms with Gasteiger partial charge in [-0.05, 0) is 43.0 Å². The van der Waals surface area contributed by atoms with E-state index in [0.717, 1.165) is 29.7 Å². The van der Waals surface area contributed by atoms with Crippen molar-refractivity contribution < 1.29 is 9.18 Å². The molecule has 2 aromatic rings. The number of amides is 1. The molecule has 98 valence electrons. The molecule has 1 amide bonds. The van der Waals surface area contributed by atoms with Gasteiger partial charge >= 0.3 is 0 Å². The van der Waals surface area contributed by atoms with Crippen LogP contribution in [0.1, 0.15) is 39.0 Å². The standard InChI is InChI=1S/C14H13FN2OS/c1-8-13(19-7-16-8)14(18)17-12-5-3-9-2-4-10(15)6-11(9)12/h2,4,6-7,12H,3,5H2,1H3,(H,17,18)/t12-/m1/s1. The molecule has 1 atom stereocenters. The summed E-state index contributed by atoms with van der Waals surface area (Å²) in [6.45, 7) is 1.81. The van der Waals surface area contributed by atoms with E-state index >= 15 is 0 Å². The van der Waals surface area contributed by atoms with Gasteiger partial charge in [0, 0.05) is 0 Å². The zero-order valence-electron chi connectivity index (χ0n) is 10.4. The Morgan fingerprint density at radius 1 is 1.53 bits per heavy atom. The normalized spacial score (nSPS) is 17.3. The van der Waals surface area contributed by atoms with Crippen molar-refractivity contribution in [3.05, 3.63) is 51.2 Å². The van der Waals surface area contributed by atoms with Crippen molar-refractivity contribution in [3.63, 3.8) is 0 Å². The topological polar surface area (TPSA) is 42.0 Å². The fraction of sp³-hybridized carbons (Fsp3) is 0.286. The first-order chi connectivity index (χ1) is 9.15. The minimum atomic E-state index is -0.256. The fourth-order valence-corrected chi connectivity index (χ4v) is 3.17. The summed E-state index contributed by atoms with van der Waals surface area (Å²) < 4.78 is 13.3. The maximum Gasteiger partial charge on any atom is 0.263 e. The number of aryl methyl sites for hydroxylation is 2. The van der Waals surface area contributed by atoms with Crippen molar-refractivity contribution >= 4 is 17.2 Å². The summed E-state index contributed by atoms with van der Waals surface area (Å²) in [5.41, 5.74) is 4.41. The Morgan fingerprint density at radius 2 is 2.37 bits per heavy atom. The molecule has 0 fully saturated rings. The Labute approximate surface area is 114 Å². The minimum Gasteiger partial charge on any atom is -0.344 e. The van der Waals surface area contributed by atoms with Crippen molar-refractivity contribution in [1.82, 2.24) is 10.3 Å². The second kappa shape index (κ2) is 4.74. The third-order valence-electron chi connectivity index (χ3n) is 3.44. The highest BCUT2D eigenvalue weighted by Gasteiger charge is 2.25. The van der Waals surface area contributed by atoms with Gasteiger partial charge in [0.1, 0.15) is 10.7 Å². The highest BCUT2D eigenvalue weighted by Crippen LogP contribution is 2.32. The Bertz CT molecular complexity index is 638. The molecule has 3 nitrogen and oxygen atoms in total. The summed E-state index contributed by atoms with van der Waals surface area (Å²) in [6.07, 6.45) is 1.70. The lowest BCUT2D eigenvalue weighted by Crippen LogP contribution is -2.27. The predicted octanol–water partition coefficient (Wildman–Crippen LogP) is 3.01. The average Bonchev–Trinajstić information content (AvgIpc) is 2.96. The molecule has 0 saturated heterocycles. The third kappa shape index (κ3) is 2.26. The van der Waals surface area contributed by atoms with Crippen LogP contribution in [0, 0.1) is 12.7 Å². The molecule has 0 bridgehead atoms. The molecule has 0 saturated carbocycles. The first-order valence-electron chi connectivity index (χ1n) is 6.14. The smallest absolute Gasteiger partial charge is 0.263 e. The summed E-state index contributed by atoms with van der Waals surface area (Å²) in [5, 5.41) is 2.97. The number of rotatable bonds is 2. The number of hydrogen-bond acceptors (Lipinski definition) is 3. The molecule has 3 rings (SSSR count). The quantitative estimate of drug-likeness (QED) is 0.916. The Hall–Kier alpha value is -1.75. The van der Waals surface area contributed by atoms with E-state index in [0.29, 0.717) is 4.88 Å². The number of halogens is 1. The van der Waals surface area contributed by atoms with E-state index < -0.39 is 0 Å². The van der Waals surface area contributed by atoms with Crippen molar-refractivity contribution in [3.8, 4) is 0 Å². The molecule has 1 aromatic heterocycles. The lowest BCUT2D eigenvalue weighted by Gasteiger charge is -2.13. The maximum absolute atomic E-state index is 13.3. The lowest BCUT2D eigenvalue weighted by atomic mass is 10.1. The van der Waals surface area contributed by atoms with Gasteiger partial charge in [0.2, 0.25) is 0 Å². The van der Waals surface area contributed by atoms with Gasteiger partial charge in [-0.25, -0.2) is 9.37 Å². The van der Waals surface area contributed by atoms with Gasteiger partial charge in [-0.15, -0.1) is 11.3 Å². The molecular weight excluding hydrogens is 263 g/mol. The highest BCUT2D eigenvalue weighted by atomic mass is 32.1. The van der Waals surface area contributed by atoms with Gasteiger partial charge in [-0.2, -0.15) is 0 Å². The highest BCUT2D eigenvalue weighted by molar-refractivity contribution is 7.11. The summed E-state index contributed by atoms with van der Waals surface area (Å²) in [4.78, 5) is 16.8. The molecule has 1 aliphatic rings. The zero-order chi connectivity index (χ0) is 13.4. The van der Waals surface area contributed by atoms with Gasteiger partial charge < -0.3 is 5.32 Å². The van der Waals surface area contributed by atoms with Gasteiger partial charge in [0.15, 0.2) is 0 Å².